The van der Waals surface area contributed by atoms with E-state index in [-0.39, 0.29) is 6.61 Å². The normalized spacial score (nSPS) is 10.8. The Morgan fingerprint density at radius 3 is 3.00 bits per heavy atom. The van der Waals surface area contributed by atoms with Crippen molar-refractivity contribution < 1.29 is 5.11 Å². The molecule has 0 saturated heterocycles. The Labute approximate surface area is 70.3 Å². The summed E-state index contributed by atoms with van der Waals surface area (Å²) in [7, 11) is 0. The summed E-state index contributed by atoms with van der Waals surface area (Å²) in [5, 5.41) is 8.87. The van der Waals surface area contributed by atoms with E-state index in [1.807, 2.05) is 35.9 Å². The number of rotatable bonds is 1. The van der Waals surface area contributed by atoms with E-state index in [0.29, 0.717) is 0 Å². The van der Waals surface area contributed by atoms with Crippen LogP contribution in [0.2, 0.25) is 0 Å². The first-order valence-electron chi connectivity index (χ1n) is 3.85. The Kier molecular flexibility index (Phi) is 1.59. The van der Waals surface area contributed by atoms with Gasteiger partial charge in [-0.25, -0.2) is 4.98 Å². The second-order valence-electron chi connectivity index (χ2n) is 2.84. The lowest BCUT2D eigenvalue weighted by Crippen LogP contribution is -1.88. The molecular formula is C9H10N2O. The summed E-state index contributed by atoms with van der Waals surface area (Å²) >= 11 is 0. The molecule has 0 atom stereocenters. The summed E-state index contributed by atoms with van der Waals surface area (Å²) in [6, 6.07) is 3.78. The van der Waals surface area contributed by atoms with Crippen LogP contribution >= 0.6 is 0 Å². The van der Waals surface area contributed by atoms with Crippen LogP contribution in [-0.4, -0.2) is 14.5 Å². The zero-order valence-corrected chi connectivity index (χ0v) is 6.86. The molecule has 2 heterocycles. The van der Waals surface area contributed by atoms with Gasteiger partial charge in [-0.3, -0.25) is 0 Å². The summed E-state index contributed by atoms with van der Waals surface area (Å²) in [5.41, 5.74) is 2.81. The second kappa shape index (κ2) is 2.60. The van der Waals surface area contributed by atoms with Crippen molar-refractivity contribution >= 4 is 5.65 Å². The molecule has 0 fully saturated rings. The van der Waals surface area contributed by atoms with E-state index >= 15 is 0 Å². The number of aliphatic hydroxyl groups is 1. The minimum Gasteiger partial charge on any atom is -0.392 e. The molecule has 0 saturated carbocycles. The minimum atomic E-state index is 0.0766. The molecule has 0 aliphatic rings. The van der Waals surface area contributed by atoms with Gasteiger partial charge in [-0.1, -0.05) is 6.07 Å². The number of hydrogen-bond acceptors (Lipinski definition) is 2. The van der Waals surface area contributed by atoms with E-state index < -0.39 is 0 Å². The van der Waals surface area contributed by atoms with E-state index in [2.05, 4.69) is 4.98 Å². The van der Waals surface area contributed by atoms with Crippen molar-refractivity contribution in [1.82, 2.24) is 9.38 Å². The van der Waals surface area contributed by atoms with Gasteiger partial charge in [0.15, 0.2) is 0 Å². The average molecular weight is 162 g/mol. The highest BCUT2D eigenvalue weighted by molar-refractivity contribution is 5.40. The molecule has 0 bridgehead atoms. The van der Waals surface area contributed by atoms with Gasteiger partial charge in [0.1, 0.15) is 5.65 Å². The second-order valence-corrected chi connectivity index (χ2v) is 2.84. The first-order valence-corrected chi connectivity index (χ1v) is 3.85. The van der Waals surface area contributed by atoms with Gasteiger partial charge >= 0.3 is 0 Å². The Morgan fingerprint density at radius 1 is 1.42 bits per heavy atom. The Balaban J connectivity index is 2.66. The molecular weight excluding hydrogens is 152 g/mol. The fourth-order valence-corrected chi connectivity index (χ4v) is 1.26. The number of aliphatic hydroxyl groups excluding tert-OH is 1. The van der Waals surface area contributed by atoms with Crippen LogP contribution in [0, 0.1) is 6.92 Å². The zero-order chi connectivity index (χ0) is 8.55. The summed E-state index contributed by atoms with van der Waals surface area (Å²) in [6.07, 6.45) is 3.82. The van der Waals surface area contributed by atoms with Gasteiger partial charge in [-0.2, -0.15) is 0 Å². The van der Waals surface area contributed by atoms with Crippen molar-refractivity contribution in [3.63, 3.8) is 0 Å². The molecule has 12 heavy (non-hydrogen) atoms. The van der Waals surface area contributed by atoms with Crippen molar-refractivity contribution in [2.45, 2.75) is 13.5 Å². The van der Waals surface area contributed by atoms with E-state index in [4.69, 9.17) is 5.11 Å². The van der Waals surface area contributed by atoms with Crippen LogP contribution in [0.15, 0.2) is 24.5 Å². The number of aryl methyl sites for hydroxylation is 1. The van der Waals surface area contributed by atoms with E-state index in [9.17, 15) is 0 Å². The molecule has 2 rings (SSSR count). The highest BCUT2D eigenvalue weighted by atomic mass is 16.3. The predicted molar refractivity (Wildman–Crippen MR) is 45.9 cm³/mol. The Bertz CT molecular complexity index is 406. The molecule has 0 spiro atoms. The van der Waals surface area contributed by atoms with Gasteiger partial charge in [-0.05, 0) is 18.6 Å². The van der Waals surface area contributed by atoms with Gasteiger partial charge < -0.3 is 9.51 Å². The van der Waals surface area contributed by atoms with Crippen LogP contribution < -0.4 is 0 Å². The number of aromatic nitrogens is 2. The first-order chi connectivity index (χ1) is 5.79. The van der Waals surface area contributed by atoms with Crippen molar-refractivity contribution in [2.24, 2.45) is 0 Å². The molecule has 2 aromatic heterocycles. The van der Waals surface area contributed by atoms with E-state index in [0.717, 1.165) is 16.9 Å². The highest BCUT2D eigenvalue weighted by Crippen LogP contribution is 2.06. The maximum absolute atomic E-state index is 8.87. The topological polar surface area (TPSA) is 37.5 Å². The van der Waals surface area contributed by atoms with Gasteiger partial charge in [-0.15, -0.1) is 0 Å². The highest BCUT2D eigenvalue weighted by Gasteiger charge is 1.97. The summed E-state index contributed by atoms with van der Waals surface area (Å²) in [5.74, 6) is 0. The zero-order valence-electron chi connectivity index (χ0n) is 6.86. The summed E-state index contributed by atoms with van der Waals surface area (Å²) in [6.45, 7) is 2.03. The van der Waals surface area contributed by atoms with Crippen molar-refractivity contribution in [3.05, 3.63) is 35.8 Å². The third-order valence-corrected chi connectivity index (χ3v) is 1.82. The van der Waals surface area contributed by atoms with Crippen molar-refractivity contribution in [2.75, 3.05) is 0 Å². The quantitative estimate of drug-likeness (QED) is 0.682. The van der Waals surface area contributed by atoms with Crippen molar-refractivity contribution in [1.29, 1.82) is 0 Å². The van der Waals surface area contributed by atoms with Gasteiger partial charge in [0, 0.05) is 12.4 Å². The number of nitrogens with zero attached hydrogens (tertiary/aromatic N) is 2. The SMILES string of the molecule is Cc1cn2cc(CO)ccc2n1. The molecule has 0 amide bonds. The third-order valence-electron chi connectivity index (χ3n) is 1.82. The lowest BCUT2D eigenvalue weighted by molar-refractivity contribution is 0.281. The summed E-state index contributed by atoms with van der Waals surface area (Å²) in [4.78, 5) is 4.27. The molecule has 1 N–H and O–H groups in total. The van der Waals surface area contributed by atoms with E-state index in [1.54, 1.807) is 0 Å². The average Bonchev–Trinajstić information content (AvgIpc) is 2.43. The van der Waals surface area contributed by atoms with Gasteiger partial charge in [0.05, 0.1) is 12.3 Å². The largest absolute Gasteiger partial charge is 0.392 e. The Morgan fingerprint density at radius 2 is 2.25 bits per heavy atom. The molecule has 62 valence electrons. The smallest absolute Gasteiger partial charge is 0.136 e. The first kappa shape index (κ1) is 7.31. The molecule has 0 radical (unpaired) electrons. The number of pyridine rings is 1. The van der Waals surface area contributed by atoms with Gasteiger partial charge in [0.25, 0.3) is 0 Å². The molecule has 0 unspecified atom stereocenters. The predicted octanol–water partition coefficient (Wildman–Crippen LogP) is 1.14. The van der Waals surface area contributed by atoms with Gasteiger partial charge in [0.2, 0.25) is 0 Å². The summed E-state index contributed by atoms with van der Waals surface area (Å²) < 4.78 is 1.92. The maximum Gasteiger partial charge on any atom is 0.136 e. The Hall–Kier alpha value is -1.35. The van der Waals surface area contributed by atoms with Crippen LogP contribution in [0.25, 0.3) is 5.65 Å². The fourth-order valence-electron chi connectivity index (χ4n) is 1.26. The number of hydrogen-bond donors (Lipinski definition) is 1. The van der Waals surface area contributed by atoms with Crippen LogP contribution in [0.4, 0.5) is 0 Å². The maximum atomic E-state index is 8.87. The van der Waals surface area contributed by atoms with Crippen LogP contribution in [0.1, 0.15) is 11.3 Å². The third kappa shape index (κ3) is 1.08. The van der Waals surface area contributed by atoms with E-state index in [1.165, 1.54) is 0 Å². The molecule has 0 aliphatic heterocycles. The number of fused-ring (bicyclic) bond motifs is 1. The van der Waals surface area contributed by atoms with Crippen LogP contribution in [0.5, 0.6) is 0 Å². The molecule has 2 aromatic rings. The lowest BCUT2D eigenvalue weighted by atomic mass is 10.3. The molecule has 3 heteroatoms. The number of imidazole rings is 1. The molecule has 0 aliphatic carbocycles. The minimum absolute atomic E-state index is 0.0766. The standard InChI is InChI=1S/C9H10N2O/c1-7-4-11-5-8(6-12)2-3-9(11)10-7/h2-5,12H,6H2,1H3. The molecule has 3 nitrogen and oxygen atoms in total. The van der Waals surface area contributed by atoms with Crippen molar-refractivity contribution in [3.8, 4) is 0 Å². The lowest BCUT2D eigenvalue weighted by Gasteiger charge is -1.96. The monoisotopic (exact) mass is 162 g/mol. The van der Waals surface area contributed by atoms with Crippen LogP contribution in [-0.2, 0) is 6.61 Å². The fraction of sp³-hybridized carbons (Fsp3) is 0.222. The molecule has 0 aromatic carbocycles. The van der Waals surface area contributed by atoms with Crippen LogP contribution in [0.3, 0.4) is 0 Å².